The summed E-state index contributed by atoms with van der Waals surface area (Å²) >= 11 is 0. The summed E-state index contributed by atoms with van der Waals surface area (Å²) < 4.78 is 18.1. The van der Waals surface area contributed by atoms with Crippen molar-refractivity contribution in [1.29, 1.82) is 0 Å². The molecule has 1 heterocycles. The number of hydrogen-bond acceptors (Lipinski definition) is 3. The lowest BCUT2D eigenvalue weighted by Gasteiger charge is -2.05. The van der Waals surface area contributed by atoms with E-state index in [1.54, 1.807) is 19.1 Å². The highest BCUT2D eigenvalue weighted by Gasteiger charge is 2.06. The van der Waals surface area contributed by atoms with Crippen LogP contribution < -0.4 is 5.56 Å². The quantitative estimate of drug-likeness (QED) is 0.904. The SMILES string of the molecule is COCc1nc(-c2ccc(F)c(C)c2)cc(=O)[nH]1. The number of rotatable bonds is 3. The van der Waals surface area contributed by atoms with Crippen molar-refractivity contribution in [3.8, 4) is 11.3 Å². The van der Waals surface area contributed by atoms with Gasteiger partial charge in [0, 0.05) is 18.7 Å². The maximum Gasteiger partial charge on any atom is 0.251 e. The van der Waals surface area contributed by atoms with Crippen molar-refractivity contribution in [1.82, 2.24) is 9.97 Å². The van der Waals surface area contributed by atoms with Crippen LogP contribution in [0.5, 0.6) is 0 Å². The molecule has 0 amide bonds. The molecule has 0 spiro atoms. The second-order valence-corrected chi connectivity index (χ2v) is 3.97. The smallest absolute Gasteiger partial charge is 0.251 e. The number of halogens is 1. The van der Waals surface area contributed by atoms with Crippen molar-refractivity contribution >= 4 is 0 Å². The van der Waals surface area contributed by atoms with Gasteiger partial charge in [0.05, 0.1) is 5.69 Å². The Hall–Kier alpha value is -2.01. The number of nitrogens with one attached hydrogen (secondary N) is 1. The Labute approximate surface area is 103 Å². The Morgan fingerprint density at radius 2 is 2.17 bits per heavy atom. The van der Waals surface area contributed by atoms with Crippen LogP contribution in [0.4, 0.5) is 4.39 Å². The highest BCUT2D eigenvalue weighted by molar-refractivity contribution is 5.59. The molecule has 4 nitrogen and oxygen atoms in total. The van der Waals surface area contributed by atoms with Gasteiger partial charge in [-0.2, -0.15) is 0 Å². The molecule has 0 unspecified atom stereocenters. The van der Waals surface area contributed by atoms with Gasteiger partial charge in [-0.05, 0) is 30.7 Å². The zero-order valence-electron chi connectivity index (χ0n) is 10.2. The van der Waals surface area contributed by atoms with Crippen LogP contribution in [-0.4, -0.2) is 17.1 Å². The molecule has 0 fully saturated rings. The average molecular weight is 248 g/mol. The standard InChI is InChI=1S/C13H13FN2O2/c1-8-5-9(3-4-10(8)14)11-6-13(17)16-12(15-11)7-18-2/h3-6H,7H2,1-2H3,(H,15,16,17). The van der Waals surface area contributed by atoms with Crippen LogP contribution in [0, 0.1) is 12.7 Å². The molecule has 2 aromatic rings. The van der Waals surface area contributed by atoms with Crippen LogP contribution >= 0.6 is 0 Å². The Bertz CT molecular complexity index is 623. The van der Waals surface area contributed by atoms with Crippen molar-refractivity contribution in [2.75, 3.05) is 7.11 Å². The van der Waals surface area contributed by atoms with Gasteiger partial charge >= 0.3 is 0 Å². The van der Waals surface area contributed by atoms with Crippen LogP contribution in [0.2, 0.25) is 0 Å². The molecule has 0 bridgehead atoms. The fourth-order valence-electron chi connectivity index (χ4n) is 1.67. The predicted molar refractivity (Wildman–Crippen MR) is 65.7 cm³/mol. The fourth-order valence-corrected chi connectivity index (χ4v) is 1.67. The fraction of sp³-hybridized carbons (Fsp3) is 0.231. The van der Waals surface area contributed by atoms with E-state index in [1.807, 2.05) is 0 Å². The molecule has 0 radical (unpaired) electrons. The molecule has 0 aliphatic heterocycles. The van der Waals surface area contributed by atoms with E-state index in [9.17, 15) is 9.18 Å². The lowest BCUT2D eigenvalue weighted by molar-refractivity contribution is 0.177. The second-order valence-electron chi connectivity index (χ2n) is 3.97. The van der Waals surface area contributed by atoms with Crippen LogP contribution in [-0.2, 0) is 11.3 Å². The highest BCUT2D eigenvalue weighted by Crippen LogP contribution is 2.18. The number of aromatic nitrogens is 2. The van der Waals surface area contributed by atoms with Crippen LogP contribution in [0.25, 0.3) is 11.3 Å². The molecule has 0 aliphatic rings. The number of aryl methyl sites for hydroxylation is 1. The third kappa shape index (κ3) is 2.62. The Morgan fingerprint density at radius 3 is 2.83 bits per heavy atom. The van der Waals surface area contributed by atoms with E-state index in [-0.39, 0.29) is 18.0 Å². The van der Waals surface area contributed by atoms with E-state index in [0.717, 1.165) is 0 Å². The second kappa shape index (κ2) is 5.10. The van der Waals surface area contributed by atoms with Gasteiger partial charge in [0.25, 0.3) is 5.56 Å². The van der Waals surface area contributed by atoms with Gasteiger partial charge in [-0.3, -0.25) is 4.79 Å². The van der Waals surface area contributed by atoms with E-state index >= 15 is 0 Å². The van der Waals surface area contributed by atoms with Gasteiger partial charge in [0.2, 0.25) is 0 Å². The topological polar surface area (TPSA) is 55.0 Å². The summed E-state index contributed by atoms with van der Waals surface area (Å²) in [4.78, 5) is 18.3. The summed E-state index contributed by atoms with van der Waals surface area (Å²) in [5.41, 5.74) is 1.48. The number of methoxy groups -OCH3 is 1. The number of ether oxygens (including phenoxy) is 1. The van der Waals surface area contributed by atoms with Gasteiger partial charge in [0.15, 0.2) is 0 Å². The van der Waals surface area contributed by atoms with Crippen molar-refractivity contribution in [2.45, 2.75) is 13.5 Å². The number of H-pyrrole nitrogens is 1. The maximum absolute atomic E-state index is 13.2. The van der Waals surface area contributed by atoms with E-state index in [0.29, 0.717) is 22.6 Å². The van der Waals surface area contributed by atoms with Crippen LogP contribution in [0.1, 0.15) is 11.4 Å². The van der Waals surface area contributed by atoms with Gasteiger partial charge in [-0.15, -0.1) is 0 Å². The van der Waals surface area contributed by atoms with Crippen LogP contribution in [0.15, 0.2) is 29.1 Å². The van der Waals surface area contributed by atoms with E-state index in [4.69, 9.17) is 4.74 Å². The Kier molecular flexibility index (Phi) is 3.53. The van der Waals surface area contributed by atoms with Crippen molar-refractivity contribution < 1.29 is 9.13 Å². The first kappa shape index (κ1) is 12.4. The molecular weight excluding hydrogens is 235 g/mol. The van der Waals surface area contributed by atoms with Gasteiger partial charge < -0.3 is 9.72 Å². The Morgan fingerprint density at radius 1 is 1.39 bits per heavy atom. The highest BCUT2D eigenvalue weighted by atomic mass is 19.1. The maximum atomic E-state index is 13.2. The van der Waals surface area contributed by atoms with Crippen LogP contribution in [0.3, 0.4) is 0 Å². The van der Waals surface area contributed by atoms with Gasteiger partial charge in [0.1, 0.15) is 18.2 Å². The van der Waals surface area contributed by atoms with E-state index in [2.05, 4.69) is 9.97 Å². The van der Waals surface area contributed by atoms with Crippen molar-refractivity contribution in [3.63, 3.8) is 0 Å². The normalized spacial score (nSPS) is 10.6. The number of aromatic amines is 1. The molecule has 94 valence electrons. The summed E-state index contributed by atoms with van der Waals surface area (Å²) in [6.07, 6.45) is 0. The largest absolute Gasteiger partial charge is 0.377 e. The predicted octanol–water partition coefficient (Wildman–Crippen LogP) is 2.03. The average Bonchev–Trinajstić information content (AvgIpc) is 2.32. The zero-order chi connectivity index (χ0) is 13.1. The number of nitrogens with zero attached hydrogens (tertiary/aromatic N) is 1. The first-order valence-electron chi connectivity index (χ1n) is 5.46. The molecule has 5 heteroatoms. The minimum absolute atomic E-state index is 0.225. The van der Waals surface area contributed by atoms with Crippen molar-refractivity contribution in [2.24, 2.45) is 0 Å². The summed E-state index contributed by atoms with van der Waals surface area (Å²) in [7, 11) is 1.52. The molecule has 1 aromatic carbocycles. The monoisotopic (exact) mass is 248 g/mol. The third-order valence-corrected chi connectivity index (χ3v) is 2.53. The zero-order valence-corrected chi connectivity index (χ0v) is 10.2. The molecule has 2 rings (SSSR count). The lowest BCUT2D eigenvalue weighted by Crippen LogP contribution is -2.11. The summed E-state index contributed by atoms with van der Waals surface area (Å²) in [5, 5.41) is 0. The molecule has 1 aromatic heterocycles. The number of benzene rings is 1. The molecule has 0 aliphatic carbocycles. The summed E-state index contributed by atoms with van der Waals surface area (Å²) in [5.74, 6) is 0.169. The van der Waals surface area contributed by atoms with Gasteiger partial charge in [-0.25, -0.2) is 9.37 Å². The number of hydrogen-bond donors (Lipinski definition) is 1. The minimum atomic E-state index is -0.277. The molecule has 1 N–H and O–H groups in total. The molecule has 18 heavy (non-hydrogen) atoms. The summed E-state index contributed by atoms with van der Waals surface area (Å²) in [6.45, 7) is 1.89. The first-order chi connectivity index (χ1) is 8.60. The van der Waals surface area contributed by atoms with Gasteiger partial charge in [-0.1, -0.05) is 0 Å². The lowest BCUT2D eigenvalue weighted by atomic mass is 10.1. The molecule has 0 saturated carbocycles. The molecule has 0 atom stereocenters. The summed E-state index contributed by atoms with van der Waals surface area (Å²) in [6, 6.07) is 6.00. The van der Waals surface area contributed by atoms with E-state index in [1.165, 1.54) is 19.2 Å². The van der Waals surface area contributed by atoms with Crippen molar-refractivity contribution in [3.05, 3.63) is 51.8 Å². The Balaban J connectivity index is 2.49. The minimum Gasteiger partial charge on any atom is -0.377 e. The first-order valence-corrected chi connectivity index (χ1v) is 5.46. The van der Waals surface area contributed by atoms with E-state index < -0.39 is 0 Å². The third-order valence-electron chi connectivity index (χ3n) is 2.53. The molecular formula is C13H13FN2O2. The molecule has 0 saturated heterocycles.